The highest BCUT2D eigenvalue weighted by Gasteiger charge is 2.18. The summed E-state index contributed by atoms with van der Waals surface area (Å²) in [7, 11) is 0. The maximum Gasteiger partial charge on any atom is 0.135 e. The summed E-state index contributed by atoms with van der Waals surface area (Å²) in [5.74, 6) is 0. The van der Waals surface area contributed by atoms with Crippen LogP contribution in [-0.4, -0.2) is 9.97 Å². The van der Waals surface area contributed by atoms with Gasteiger partial charge in [-0.1, -0.05) is 152 Å². The normalized spacial score (nSPS) is 11.4. The molecule has 58 heavy (non-hydrogen) atoms. The van der Waals surface area contributed by atoms with Gasteiger partial charge in [-0.15, -0.1) is 0 Å². The second-order valence-electron chi connectivity index (χ2n) is 14.6. The average Bonchev–Trinajstić information content (AvgIpc) is 3.68. The van der Waals surface area contributed by atoms with Gasteiger partial charge >= 0.3 is 0 Å². The molecule has 0 atom stereocenters. The summed E-state index contributed by atoms with van der Waals surface area (Å²) in [6, 6.07) is 74.5. The Morgan fingerprint density at radius 2 is 0.879 bits per heavy atom. The van der Waals surface area contributed by atoms with E-state index in [-0.39, 0.29) is 0 Å². The van der Waals surface area contributed by atoms with Crippen molar-refractivity contribution in [3.05, 3.63) is 212 Å². The van der Waals surface area contributed by atoms with Gasteiger partial charge in [0.05, 0.1) is 22.4 Å². The Kier molecular flexibility index (Phi) is 8.11. The van der Waals surface area contributed by atoms with Crippen molar-refractivity contribution in [2.24, 2.45) is 0 Å². The molecular weight excluding hydrogens is 707 g/mol. The van der Waals surface area contributed by atoms with Crippen LogP contribution in [0.2, 0.25) is 0 Å². The Morgan fingerprint density at radius 1 is 0.328 bits per heavy atom. The molecule has 11 rings (SSSR count). The van der Waals surface area contributed by atoms with E-state index in [1.54, 1.807) is 0 Å². The fraction of sp³-hybridized carbons (Fsp3) is 0. The third-order valence-electron chi connectivity index (χ3n) is 11.0. The van der Waals surface area contributed by atoms with Crippen LogP contribution in [0.3, 0.4) is 0 Å². The first-order chi connectivity index (χ1) is 28.7. The monoisotopic (exact) mass is 741 g/mol. The van der Waals surface area contributed by atoms with Crippen molar-refractivity contribution in [3.63, 3.8) is 0 Å². The highest BCUT2D eigenvalue weighted by Crippen LogP contribution is 2.41. The van der Waals surface area contributed by atoms with Crippen LogP contribution in [0.5, 0.6) is 0 Å². The van der Waals surface area contributed by atoms with E-state index in [1.165, 1.54) is 5.56 Å². The van der Waals surface area contributed by atoms with E-state index in [9.17, 15) is 0 Å². The fourth-order valence-corrected chi connectivity index (χ4v) is 8.17. The molecule has 4 heteroatoms. The number of furan rings is 1. The van der Waals surface area contributed by atoms with Crippen LogP contribution >= 0.6 is 0 Å². The molecule has 0 radical (unpaired) electrons. The largest absolute Gasteiger partial charge is 0.456 e. The van der Waals surface area contributed by atoms with E-state index < -0.39 is 0 Å². The summed E-state index contributed by atoms with van der Waals surface area (Å²) in [6.45, 7) is 0. The van der Waals surface area contributed by atoms with Gasteiger partial charge in [0, 0.05) is 44.3 Å². The number of nitrogens with zero attached hydrogens (tertiary/aromatic N) is 3. The van der Waals surface area contributed by atoms with Crippen LogP contribution in [-0.2, 0) is 0 Å². The molecule has 0 unspecified atom stereocenters. The summed E-state index contributed by atoms with van der Waals surface area (Å²) in [5, 5.41) is 4.39. The zero-order valence-corrected chi connectivity index (χ0v) is 31.5. The second kappa shape index (κ2) is 14.0. The van der Waals surface area contributed by atoms with Crippen molar-refractivity contribution >= 4 is 60.8 Å². The first-order valence-electron chi connectivity index (χ1n) is 19.6. The van der Waals surface area contributed by atoms with Gasteiger partial charge in [0.2, 0.25) is 0 Å². The third-order valence-corrected chi connectivity index (χ3v) is 11.0. The molecule has 9 aromatic carbocycles. The van der Waals surface area contributed by atoms with Crippen molar-refractivity contribution < 1.29 is 4.42 Å². The lowest BCUT2D eigenvalue weighted by Crippen LogP contribution is -2.10. The molecule has 0 aliphatic heterocycles. The molecule has 272 valence electrons. The minimum absolute atomic E-state index is 0.870. The van der Waals surface area contributed by atoms with Crippen molar-refractivity contribution in [1.29, 1.82) is 0 Å². The number of para-hydroxylation sites is 1. The molecule has 0 amide bonds. The van der Waals surface area contributed by atoms with Crippen molar-refractivity contribution in [3.8, 4) is 44.8 Å². The number of aromatic nitrogens is 2. The predicted octanol–water partition coefficient (Wildman–Crippen LogP) is 14.8. The predicted molar refractivity (Wildman–Crippen MR) is 241 cm³/mol. The lowest BCUT2D eigenvalue weighted by molar-refractivity contribution is 0.669. The Morgan fingerprint density at radius 3 is 1.64 bits per heavy atom. The maximum absolute atomic E-state index is 6.23. The van der Waals surface area contributed by atoms with Crippen molar-refractivity contribution in [2.45, 2.75) is 0 Å². The Bertz CT molecular complexity index is 3270. The first kappa shape index (κ1) is 33.5. The van der Waals surface area contributed by atoms with E-state index in [2.05, 4.69) is 193 Å². The molecule has 2 aromatic heterocycles. The minimum atomic E-state index is 0.870. The Labute approximate surface area is 335 Å². The topological polar surface area (TPSA) is 42.2 Å². The second-order valence-corrected chi connectivity index (χ2v) is 14.6. The lowest BCUT2D eigenvalue weighted by Gasteiger charge is -2.26. The standard InChI is InChI=1S/C54H35N3O/c1-4-13-36(14-5-1)41-19-12-20-44(33-41)57(45-30-32-51-48(35-45)46-21-10-11-22-50(46)58-51)43-28-25-37(26-29-43)42-24-23-38-27-31-49-54(47(38)34-42)56-53(40-17-8-3-9-18-40)52(55-49)39-15-6-2-7-16-39/h1-35H. The van der Waals surface area contributed by atoms with E-state index in [0.717, 1.165) is 100 Å². The molecule has 0 aliphatic rings. The van der Waals surface area contributed by atoms with Crippen LogP contribution in [0, 0.1) is 0 Å². The van der Waals surface area contributed by atoms with Gasteiger partial charge in [0.1, 0.15) is 11.2 Å². The molecule has 0 spiro atoms. The molecule has 11 aromatic rings. The van der Waals surface area contributed by atoms with Gasteiger partial charge in [0.15, 0.2) is 0 Å². The summed E-state index contributed by atoms with van der Waals surface area (Å²) < 4.78 is 6.23. The SMILES string of the molecule is c1ccc(-c2cccc(N(c3ccc(-c4ccc5ccc6nc(-c7ccccc7)c(-c7ccccc7)nc6c5c4)cc3)c3ccc4oc5ccccc5c4c3)c2)cc1. The third kappa shape index (κ3) is 5.96. The molecular formula is C54H35N3O. The smallest absolute Gasteiger partial charge is 0.135 e. The van der Waals surface area contributed by atoms with Gasteiger partial charge in [-0.3, -0.25) is 0 Å². The number of fused-ring (bicyclic) bond motifs is 6. The van der Waals surface area contributed by atoms with Crippen LogP contribution in [0.4, 0.5) is 17.1 Å². The molecule has 0 N–H and O–H groups in total. The lowest BCUT2D eigenvalue weighted by atomic mass is 9.98. The molecule has 0 bridgehead atoms. The Balaban J connectivity index is 1.03. The molecule has 0 fully saturated rings. The molecule has 2 heterocycles. The van der Waals surface area contributed by atoms with Gasteiger partial charge in [0.25, 0.3) is 0 Å². The van der Waals surface area contributed by atoms with Gasteiger partial charge in [-0.2, -0.15) is 0 Å². The maximum atomic E-state index is 6.23. The zero-order valence-electron chi connectivity index (χ0n) is 31.5. The van der Waals surface area contributed by atoms with E-state index in [4.69, 9.17) is 14.4 Å². The molecule has 0 saturated heterocycles. The van der Waals surface area contributed by atoms with Gasteiger partial charge in [-0.25, -0.2) is 9.97 Å². The van der Waals surface area contributed by atoms with E-state index in [0.29, 0.717) is 0 Å². The molecule has 0 aliphatic carbocycles. The highest BCUT2D eigenvalue weighted by atomic mass is 16.3. The molecule has 4 nitrogen and oxygen atoms in total. The summed E-state index contributed by atoms with van der Waals surface area (Å²) in [5.41, 5.74) is 15.1. The van der Waals surface area contributed by atoms with Crippen LogP contribution in [0.1, 0.15) is 0 Å². The number of hydrogen-bond acceptors (Lipinski definition) is 4. The number of hydrogen-bond donors (Lipinski definition) is 0. The first-order valence-corrected chi connectivity index (χ1v) is 19.6. The van der Waals surface area contributed by atoms with Gasteiger partial charge < -0.3 is 9.32 Å². The van der Waals surface area contributed by atoms with Crippen LogP contribution in [0.15, 0.2) is 217 Å². The molecule has 0 saturated carbocycles. The van der Waals surface area contributed by atoms with E-state index >= 15 is 0 Å². The van der Waals surface area contributed by atoms with Crippen molar-refractivity contribution in [2.75, 3.05) is 4.90 Å². The van der Waals surface area contributed by atoms with Gasteiger partial charge in [-0.05, 0) is 88.3 Å². The quantitative estimate of drug-likeness (QED) is 0.153. The fourth-order valence-electron chi connectivity index (χ4n) is 8.17. The summed E-state index contributed by atoms with van der Waals surface area (Å²) >= 11 is 0. The average molecular weight is 742 g/mol. The zero-order chi connectivity index (χ0) is 38.4. The minimum Gasteiger partial charge on any atom is -0.456 e. The number of rotatable bonds is 7. The van der Waals surface area contributed by atoms with Crippen LogP contribution < -0.4 is 4.90 Å². The van der Waals surface area contributed by atoms with E-state index in [1.807, 2.05) is 24.3 Å². The van der Waals surface area contributed by atoms with Crippen molar-refractivity contribution in [1.82, 2.24) is 9.97 Å². The number of anilines is 3. The van der Waals surface area contributed by atoms with Crippen LogP contribution in [0.25, 0.3) is 88.5 Å². The number of benzene rings is 9. The Hall–Kier alpha value is -7.82. The summed E-state index contributed by atoms with van der Waals surface area (Å²) in [4.78, 5) is 13.0. The summed E-state index contributed by atoms with van der Waals surface area (Å²) in [6.07, 6.45) is 0. The highest BCUT2D eigenvalue weighted by molar-refractivity contribution is 6.08.